The number of thiophene rings is 1. The van der Waals surface area contributed by atoms with Crippen molar-refractivity contribution in [2.45, 2.75) is 0 Å². The third-order valence-electron chi connectivity index (χ3n) is 1.78. The number of hydrogen-bond donors (Lipinski definition) is 1. The van der Waals surface area contributed by atoms with Gasteiger partial charge in [-0.3, -0.25) is 4.79 Å². The zero-order chi connectivity index (χ0) is 11.4. The molecule has 0 spiro atoms. The van der Waals surface area contributed by atoms with E-state index in [-0.39, 0.29) is 10.8 Å². The van der Waals surface area contributed by atoms with Crippen molar-refractivity contribution in [2.75, 3.05) is 13.6 Å². The third kappa shape index (κ3) is 2.66. The molecule has 5 heteroatoms. The van der Waals surface area contributed by atoms with Gasteiger partial charge in [-0.05, 0) is 12.1 Å². The van der Waals surface area contributed by atoms with Gasteiger partial charge in [-0.2, -0.15) is 0 Å². The van der Waals surface area contributed by atoms with Crippen LogP contribution in [0.3, 0.4) is 0 Å². The van der Waals surface area contributed by atoms with Crippen molar-refractivity contribution in [3.8, 4) is 0 Å². The summed E-state index contributed by atoms with van der Waals surface area (Å²) >= 11 is 0.978. The van der Waals surface area contributed by atoms with Crippen LogP contribution in [0.2, 0.25) is 0 Å². The molecule has 80 valence electrons. The average Bonchev–Trinajstić information content (AvgIpc) is 2.65. The van der Waals surface area contributed by atoms with E-state index in [9.17, 15) is 9.59 Å². The van der Waals surface area contributed by atoms with E-state index in [2.05, 4.69) is 6.58 Å². The van der Waals surface area contributed by atoms with Gasteiger partial charge in [-0.15, -0.1) is 17.9 Å². The molecule has 0 aliphatic carbocycles. The van der Waals surface area contributed by atoms with Crippen LogP contribution in [-0.4, -0.2) is 35.5 Å². The molecule has 0 aliphatic rings. The maximum absolute atomic E-state index is 11.7. The molecule has 0 unspecified atom stereocenters. The van der Waals surface area contributed by atoms with E-state index in [1.807, 2.05) is 0 Å². The first-order valence-corrected chi connectivity index (χ1v) is 5.07. The number of nitrogens with zero attached hydrogens (tertiary/aromatic N) is 1. The predicted molar refractivity (Wildman–Crippen MR) is 58.4 cm³/mol. The summed E-state index contributed by atoms with van der Waals surface area (Å²) in [5.74, 6) is -1.20. The molecule has 0 radical (unpaired) electrons. The molecule has 0 fully saturated rings. The highest BCUT2D eigenvalue weighted by Crippen LogP contribution is 2.17. The Morgan fingerprint density at radius 3 is 2.60 bits per heavy atom. The highest BCUT2D eigenvalue weighted by Gasteiger charge is 2.15. The Morgan fingerprint density at radius 2 is 2.13 bits per heavy atom. The summed E-state index contributed by atoms with van der Waals surface area (Å²) < 4.78 is 0. The first-order chi connectivity index (χ1) is 7.06. The van der Waals surface area contributed by atoms with Crippen molar-refractivity contribution in [3.63, 3.8) is 0 Å². The normalized spacial score (nSPS) is 9.67. The van der Waals surface area contributed by atoms with E-state index in [4.69, 9.17) is 5.11 Å². The second-order valence-corrected chi connectivity index (χ2v) is 4.03. The second-order valence-electron chi connectivity index (χ2n) is 2.94. The summed E-state index contributed by atoms with van der Waals surface area (Å²) in [5, 5.41) is 8.69. The Balaban J connectivity index is 2.82. The molecule has 1 aromatic rings. The molecule has 0 saturated heterocycles. The fourth-order valence-electron chi connectivity index (χ4n) is 1.03. The van der Waals surface area contributed by atoms with Crippen LogP contribution < -0.4 is 0 Å². The molecular formula is C10H11NO3S. The maximum Gasteiger partial charge on any atom is 0.345 e. The predicted octanol–water partition coefficient (Wildman–Crippen LogP) is 1.70. The van der Waals surface area contributed by atoms with E-state index in [0.717, 1.165) is 11.3 Å². The Kier molecular flexibility index (Phi) is 3.62. The molecule has 0 saturated carbocycles. The minimum atomic E-state index is -1.01. The van der Waals surface area contributed by atoms with Crippen LogP contribution in [0, 0.1) is 0 Å². The van der Waals surface area contributed by atoms with E-state index >= 15 is 0 Å². The second kappa shape index (κ2) is 4.75. The lowest BCUT2D eigenvalue weighted by atomic mass is 10.4. The minimum Gasteiger partial charge on any atom is -0.477 e. The van der Waals surface area contributed by atoms with Crippen LogP contribution in [-0.2, 0) is 0 Å². The van der Waals surface area contributed by atoms with Crippen molar-refractivity contribution in [2.24, 2.45) is 0 Å². The Morgan fingerprint density at radius 1 is 1.53 bits per heavy atom. The zero-order valence-electron chi connectivity index (χ0n) is 8.27. The summed E-state index contributed by atoms with van der Waals surface area (Å²) in [5.41, 5.74) is 0. The highest BCUT2D eigenvalue weighted by molar-refractivity contribution is 7.15. The summed E-state index contributed by atoms with van der Waals surface area (Å²) in [4.78, 5) is 24.3. The van der Waals surface area contributed by atoms with Crippen LogP contribution in [0.15, 0.2) is 24.8 Å². The fraction of sp³-hybridized carbons (Fsp3) is 0.200. The van der Waals surface area contributed by atoms with Gasteiger partial charge in [0.15, 0.2) is 0 Å². The van der Waals surface area contributed by atoms with Gasteiger partial charge in [-0.25, -0.2) is 4.79 Å². The van der Waals surface area contributed by atoms with Gasteiger partial charge >= 0.3 is 5.97 Å². The summed E-state index contributed by atoms with van der Waals surface area (Å²) in [6, 6.07) is 2.96. The van der Waals surface area contributed by atoms with Crippen molar-refractivity contribution in [1.29, 1.82) is 0 Å². The minimum absolute atomic E-state index is 0.172. The van der Waals surface area contributed by atoms with Crippen LogP contribution >= 0.6 is 11.3 Å². The van der Waals surface area contributed by atoms with E-state index in [0.29, 0.717) is 11.4 Å². The van der Waals surface area contributed by atoms with E-state index in [1.165, 1.54) is 17.0 Å². The van der Waals surface area contributed by atoms with Crippen molar-refractivity contribution < 1.29 is 14.7 Å². The van der Waals surface area contributed by atoms with Crippen LogP contribution in [0.5, 0.6) is 0 Å². The summed E-state index contributed by atoms with van der Waals surface area (Å²) in [6.07, 6.45) is 1.61. The number of carbonyl (C=O) groups excluding carboxylic acids is 1. The molecule has 1 amide bonds. The van der Waals surface area contributed by atoms with Crippen molar-refractivity contribution in [1.82, 2.24) is 4.90 Å². The number of rotatable bonds is 4. The number of likely N-dealkylation sites (N-methyl/N-ethyl adjacent to an activating group) is 1. The lowest BCUT2D eigenvalue weighted by molar-refractivity contribution is 0.0701. The van der Waals surface area contributed by atoms with Gasteiger partial charge in [-0.1, -0.05) is 6.08 Å². The lowest BCUT2D eigenvalue weighted by Gasteiger charge is -2.12. The quantitative estimate of drug-likeness (QED) is 0.793. The van der Waals surface area contributed by atoms with Crippen LogP contribution in [0.25, 0.3) is 0 Å². The van der Waals surface area contributed by atoms with Gasteiger partial charge < -0.3 is 10.0 Å². The van der Waals surface area contributed by atoms with Gasteiger partial charge in [0.2, 0.25) is 0 Å². The topological polar surface area (TPSA) is 57.6 Å². The molecule has 4 nitrogen and oxygen atoms in total. The number of carbonyl (C=O) groups is 2. The summed E-state index contributed by atoms with van der Waals surface area (Å²) in [6.45, 7) is 3.97. The Bertz CT molecular complexity index is 397. The zero-order valence-corrected chi connectivity index (χ0v) is 9.08. The Labute approximate surface area is 91.4 Å². The SMILES string of the molecule is C=CCN(C)C(=O)c1ccc(C(=O)O)s1. The largest absolute Gasteiger partial charge is 0.477 e. The Hall–Kier alpha value is -1.62. The average molecular weight is 225 g/mol. The van der Waals surface area contributed by atoms with Crippen LogP contribution in [0.4, 0.5) is 0 Å². The molecule has 0 aromatic carbocycles. The molecule has 15 heavy (non-hydrogen) atoms. The maximum atomic E-state index is 11.7. The molecule has 0 atom stereocenters. The van der Waals surface area contributed by atoms with Gasteiger partial charge in [0, 0.05) is 13.6 Å². The molecule has 1 rings (SSSR count). The standard InChI is InChI=1S/C10H11NO3S/c1-3-6-11(2)9(12)7-4-5-8(15-7)10(13)14/h3-5H,1,6H2,2H3,(H,13,14). The molecule has 1 aromatic heterocycles. The van der Waals surface area contributed by atoms with Crippen molar-refractivity contribution in [3.05, 3.63) is 34.5 Å². The van der Waals surface area contributed by atoms with Crippen molar-refractivity contribution >= 4 is 23.2 Å². The van der Waals surface area contributed by atoms with E-state index in [1.54, 1.807) is 13.1 Å². The monoisotopic (exact) mass is 225 g/mol. The first kappa shape index (κ1) is 11.5. The number of carboxylic acids is 1. The first-order valence-electron chi connectivity index (χ1n) is 4.25. The van der Waals surface area contributed by atoms with Crippen LogP contribution in [0.1, 0.15) is 19.3 Å². The van der Waals surface area contributed by atoms with E-state index < -0.39 is 5.97 Å². The van der Waals surface area contributed by atoms with Gasteiger partial charge in [0.05, 0.1) is 4.88 Å². The smallest absolute Gasteiger partial charge is 0.345 e. The number of carboxylic acid groups (broad SMARTS) is 1. The molecule has 0 aliphatic heterocycles. The number of hydrogen-bond acceptors (Lipinski definition) is 3. The molecule has 1 N–H and O–H groups in total. The highest BCUT2D eigenvalue weighted by atomic mass is 32.1. The van der Waals surface area contributed by atoms with Gasteiger partial charge in [0.1, 0.15) is 4.88 Å². The third-order valence-corrected chi connectivity index (χ3v) is 2.84. The number of aromatic carboxylic acids is 1. The lowest BCUT2D eigenvalue weighted by Crippen LogP contribution is -2.25. The fourth-order valence-corrected chi connectivity index (χ4v) is 1.87. The summed E-state index contributed by atoms with van der Waals surface area (Å²) in [7, 11) is 1.64. The molecule has 0 bridgehead atoms. The van der Waals surface area contributed by atoms with Gasteiger partial charge in [0.25, 0.3) is 5.91 Å². The molecular weight excluding hydrogens is 214 g/mol. The number of amides is 1. The molecule has 1 heterocycles.